The maximum atomic E-state index is 13.3. The van der Waals surface area contributed by atoms with Gasteiger partial charge in [0.2, 0.25) is 0 Å². The van der Waals surface area contributed by atoms with Crippen LogP contribution in [0.3, 0.4) is 0 Å². The SMILES string of the molecule is CC1(C)Cn2c(CC(=O)O)c(-c3ccc(Cl)cc3)c(-c3ccccc3)c2C1=O. The van der Waals surface area contributed by atoms with E-state index in [4.69, 9.17) is 11.6 Å². The van der Waals surface area contributed by atoms with Crippen molar-refractivity contribution in [3.8, 4) is 22.3 Å². The molecule has 0 radical (unpaired) electrons. The molecule has 1 aliphatic rings. The first-order valence-electron chi connectivity index (χ1n) is 9.13. The molecule has 0 atom stereocenters. The van der Waals surface area contributed by atoms with E-state index in [2.05, 4.69) is 0 Å². The van der Waals surface area contributed by atoms with Crippen LogP contribution in [0.1, 0.15) is 30.0 Å². The van der Waals surface area contributed by atoms with Crippen molar-refractivity contribution in [2.45, 2.75) is 26.8 Å². The Morgan fingerprint density at radius 2 is 1.64 bits per heavy atom. The van der Waals surface area contributed by atoms with Crippen molar-refractivity contribution in [1.82, 2.24) is 4.57 Å². The van der Waals surface area contributed by atoms with Crippen LogP contribution in [0.15, 0.2) is 54.6 Å². The first kappa shape index (κ1) is 18.5. The molecule has 0 saturated heterocycles. The van der Waals surface area contributed by atoms with Crippen LogP contribution in [0.4, 0.5) is 0 Å². The summed E-state index contributed by atoms with van der Waals surface area (Å²) in [4.78, 5) is 24.9. The molecule has 142 valence electrons. The average Bonchev–Trinajstić information content (AvgIpc) is 3.07. The number of hydrogen-bond acceptors (Lipinski definition) is 2. The summed E-state index contributed by atoms with van der Waals surface area (Å²) < 4.78 is 1.91. The van der Waals surface area contributed by atoms with Gasteiger partial charge in [-0.15, -0.1) is 0 Å². The molecule has 4 nitrogen and oxygen atoms in total. The number of carbonyl (C=O) groups is 2. The van der Waals surface area contributed by atoms with Crippen LogP contribution in [0, 0.1) is 5.41 Å². The molecule has 0 bridgehead atoms. The van der Waals surface area contributed by atoms with Gasteiger partial charge in [0.25, 0.3) is 0 Å². The summed E-state index contributed by atoms with van der Waals surface area (Å²) in [6.07, 6.45) is -0.152. The Hall–Kier alpha value is -2.85. The van der Waals surface area contributed by atoms with Crippen molar-refractivity contribution in [3.05, 3.63) is 71.0 Å². The second kappa shape index (κ2) is 6.64. The summed E-state index contributed by atoms with van der Waals surface area (Å²) in [5, 5.41) is 10.2. The highest BCUT2D eigenvalue weighted by Crippen LogP contribution is 2.46. The van der Waals surface area contributed by atoms with Crippen molar-refractivity contribution in [2.24, 2.45) is 5.41 Å². The van der Waals surface area contributed by atoms with Gasteiger partial charge in [-0.3, -0.25) is 9.59 Å². The zero-order valence-corrected chi connectivity index (χ0v) is 16.5. The van der Waals surface area contributed by atoms with E-state index in [0.717, 1.165) is 22.3 Å². The summed E-state index contributed by atoms with van der Waals surface area (Å²) in [5.74, 6) is -0.884. The van der Waals surface area contributed by atoms with Gasteiger partial charge in [-0.1, -0.05) is 67.9 Å². The Labute approximate surface area is 168 Å². The molecule has 1 aliphatic heterocycles. The number of halogens is 1. The van der Waals surface area contributed by atoms with Crippen molar-refractivity contribution >= 4 is 23.4 Å². The standard InChI is InChI=1S/C23H20ClNO3/c1-23(2)13-25-17(12-18(26)27)19(15-8-10-16(24)11-9-15)20(21(25)22(23)28)14-6-4-3-5-7-14/h3-11H,12-13H2,1-2H3,(H,26,27). The Balaban J connectivity index is 2.09. The van der Waals surface area contributed by atoms with Crippen molar-refractivity contribution < 1.29 is 14.7 Å². The number of aromatic nitrogens is 1. The van der Waals surface area contributed by atoms with Gasteiger partial charge in [0.1, 0.15) is 0 Å². The van der Waals surface area contributed by atoms with Crippen LogP contribution in [0.25, 0.3) is 22.3 Å². The number of benzene rings is 2. The van der Waals surface area contributed by atoms with E-state index in [9.17, 15) is 14.7 Å². The molecule has 1 aromatic heterocycles. The Bertz CT molecular complexity index is 1080. The summed E-state index contributed by atoms with van der Waals surface area (Å²) in [7, 11) is 0. The molecule has 5 heteroatoms. The number of hydrogen-bond donors (Lipinski definition) is 1. The molecule has 4 rings (SSSR count). The molecule has 2 heterocycles. The average molecular weight is 394 g/mol. The monoisotopic (exact) mass is 393 g/mol. The molecule has 28 heavy (non-hydrogen) atoms. The quantitative estimate of drug-likeness (QED) is 0.652. The number of aliphatic carboxylic acids is 1. The molecule has 2 aromatic carbocycles. The number of nitrogens with zero attached hydrogens (tertiary/aromatic N) is 1. The van der Waals surface area contributed by atoms with E-state index >= 15 is 0 Å². The molecule has 1 N–H and O–H groups in total. The van der Waals surface area contributed by atoms with Gasteiger partial charge in [0, 0.05) is 33.8 Å². The predicted octanol–water partition coefficient (Wildman–Crippen LogP) is 5.33. The number of carboxylic acid groups (broad SMARTS) is 1. The summed E-state index contributed by atoms with van der Waals surface area (Å²) in [6.45, 7) is 4.28. The van der Waals surface area contributed by atoms with E-state index in [1.807, 2.05) is 60.9 Å². The second-order valence-corrected chi connectivity index (χ2v) is 8.22. The van der Waals surface area contributed by atoms with E-state index < -0.39 is 11.4 Å². The van der Waals surface area contributed by atoms with Gasteiger partial charge in [0.15, 0.2) is 5.78 Å². The topological polar surface area (TPSA) is 59.3 Å². The van der Waals surface area contributed by atoms with Crippen LogP contribution in [0.5, 0.6) is 0 Å². The normalized spacial score (nSPS) is 14.9. The molecule has 0 saturated carbocycles. The summed E-state index contributed by atoms with van der Waals surface area (Å²) >= 11 is 6.06. The lowest BCUT2D eigenvalue weighted by Gasteiger charge is -2.17. The Morgan fingerprint density at radius 1 is 1.04 bits per heavy atom. The molecule has 3 aromatic rings. The maximum absolute atomic E-state index is 13.3. The predicted molar refractivity (Wildman–Crippen MR) is 110 cm³/mol. The smallest absolute Gasteiger partial charge is 0.309 e. The van der Waals surface area contributed by atoms with Crippen LogP contribution in [-0.4, -0.2) is 21.4 Å². The molecule has 0 fully saturated rings. The minimum absolute atomic E-state index is 0.0400. The van der Waals surface area contributed by atoms with E-state index in [0.29, 0.717) is 23.0 Å². The first-order chi connectivity index (χ1) is 13.3. The van der Waals surface area contributed by atoms with Gasteiger partial charge in [0.05, 0.1) is 12.1 Å². The van der Waals surface area contributed by atoms with Gasteiger partial charge >= 0.3 is 5.97 Å². The third kappa shape index (κ3) is 2.94. The van der Waals surface area contributed by atoms with E-state index in [1.54, 1.807) is 12.1 Å². The fourth-order valence-electron chi connectivity index (χ4n) is 4.01. The third-order valence-electron chi connectivity index (χ3n) is 5.27. The highest BCUT2D eigenvalue weighted by molar-refractivity contribution is 6.30. The number of fused-ring (bicyclic) bond motifs is 1. The van der Waals surface area contributed by atoms with Gasteiger partial charge in [-0.2, -0.15) is 0 Å². The number of carbonyl (C=O) groups excluding carboxylic acids is 1. The molecular formula is C23H20ClNO3. The lowest BCUT2D eigenvalue weighted by molar-refractivity contribution is -0.136. The molecule has 0 amide bonds. The molecule has 0 spiro atoms. The minimum atomic E-state index is -0.924. The van der Waals surface area contributed by atoms with Crippen LogP contribution in [0.2, 0.25) is 5.02 Å². The van der Waals surface area contributed by atoms with Crippen LogP contribution >= 0.6 is 11.6 Å². The van der Waals surface area contributed by atoms with Crippen molar-refractivity contribution in [3.63, 3.8) is 0 Å². The summed E-state index contributed by atoms with van der Waals surface area (Å²) in [5.41, 5.74) is 4.04. The van der Waals surface area contributed by atoms with Crippen LogP contribution < -0.4 is 0 Å². The van der Waals surface area contributed by atoms with Crippen molar-refractivity contribution in [1.29, 1.82) is 0 Å². The third-order valence-corrected chi connectivity index (χ3v) is 5.52. The molecule has 0 aliphatic carbocycles. The largest absolute Gasteiger partial charge is 0.481 e. The number of rotatable bonds is 4. The number of Topliss-reactive ketones (excluding diaryl/α,β-unsaturated/α-hetero) is 1. The van der Waals surface area contributed by atoms with Crippen LogP contribution in [-0.2, 0) is 17.8 Å². The highest BCUT2D eigenvalue weighted by Gasteiger charge is 2.43. The lowest BCUT2D eigenvalue weighted by Crippen LogP contribution is -2.21. The highest BCUT2D eigenvalue weighted by atomic mass is 35.5. The fraction of sp³-hybridized carbons (Fsp3) is 0.217. The molecular weight excluding hydrogens is 374 g/mol. The van der Waals surface area contributed by atoms with Gasteiger partial charge in [-0.25, -0.2) is 0 Å². The molecule has 0 unspecified atom stereocenters. The number of carboxylic acids is 1. The zero-order chi connectivity index (χ0) is 20.1. The van der Waals surface area contributed by atoms with E-state index in [1.165, 1.54) is 0 Å². The number of ketones is 1. The van der Waals surface area contributed by atoms with E-state index in [-0.39, 0.29) is 12.2 Å². The Morgan fingerprint density at radius 3 is 2.25 bits per heavy atom. The maximum Gasteiger partial charge on any atom is 0.309 e. The first-order valence-corrected chi connectivity index (χ1v) is 9.50. The van der Waals surface area contributed by atoms with Gasteiger partial charge in [-0.05, 0) is 23.3 Å². The Kier molecular flexibility index (Phi) is 4.39. The zero-order valence-electron chi connectivity index (χ0n) is 15.7. The van der Waals surface area contributed by atoms with Crippen molar-refractivity contribution in [2.75, 3.05) is 0 Å². The fourth-order valence-corrected chi connectivity index (χ4v) is 4.13. The summed E-state index contributed by atoms with van der Waals surface area (Å²) in [6, 6.07) is 17.0. The lowest BCUT2D eigenvalue weighted by atomic mass is 9.85. The van der Waals surface area contributed by atoms with Gasteiger partial charge < -0.3 is 9.67 Å². The minimum Gasteiger partial charge on any atom is -0.481 e. The second-order valence-electron chi connectivity index (χ2n) is 7.79.